The van der Waals surface area contributed by atoms with Crippen molar-refractivity contribution < 1.29 is 4.43 Å². The third-order valence-electron chi connectivity index (χ3n) is 5.87. The van der Waals surface area contributed by atoms with Crippen molar-refractivity contribution >= 4 is 26.8 Å². The van der Waals surface area contributed by atoms with Gasteiger partial charge in [0.15, 0.2) is 7.83 Å². The number of rotatable bonds is 2. The molecule has 24 heavy (non-hydrogen) atoms. The third-order valence-corrected chi connectivity index (χ3v) is 22.3. The van der Waals surface area contributed by atoms with Gasteiger partial charge in [-0.3, -0.25) is 0 Å². The summed E-state index contributed by atoms with van der Waals surface area (Å²) in [4.78, 5) is 0. The molecule has 0 aliphatic carbocycles. The van der Waals surface area contributed by atoms with Gasteiger partial charge in [0.2, 0.25) is 0 Å². The minimum atomic E-state index is -1.80. The first kappa shape index (κ1) is 17.3. The van der Waals surface area contributed by atoms with Gasteiger partial charge in [0.25, 0.3) is 0 Å². The van der Waals surface area contributed by atoms with Crippen LogP contribution in [0.25, 0.3) is 0 Å². The van der Waals surface area contributed by atoms with E-state index in [1.165, 1.54) is 6.04 Å². The van der Waals surface area contributed by atoms with Gasteiger partial charge in [-0.05, 0) is 54.9 Å². The summed E-state index contributed by atoms with van der Waals surface area (Å²) in [6, 6.07) is 17.6. The van der Waals surface area contributed by atoms with Crippen molar-refractivity contribution in [3.63, 3.8) is 0 Å². The number of nitrogen functional groups attached to an aromatic ring is 2. The van der Waals surface area contributed by atoms with E-state index < -0.39 is 21.0 Å². The zero-order chi connectivity index (χ0) is 17.6. The lowest BCUT2D eigenvalue weighted by atomic mass is 9.83. The van der Waals surface area contributed by atoms with Crippen molar-refractivity contribution in [1.82, 2.24) is 0 Å². The van der Waals surface area contributed by atoms with Gasteiger partial charge < -0.3 is 15.9 Å². The summed E-state index contributed by atoms with van der Waals surface area (Å²) >= 11 is 0. The molecule has 0 spiro atoms. The highest BCUT2D eigenvalue weighted by molar-refractivity contribution is 7.38. The maximum atomic E-state index is 7.05. The largest absolute Gasteiger partial charge is 0.407 e. The Kier molecular flexibility index (Phi) is 4.14. The highest BCUT2D eigenvalue weighted by Crippen LogP contribution is 2.48. The minimum absolute atomic E-state index is 0.428. The molecule has 1 fully saturated rings. The Morgan fingerprint density at radius 1 is 0.875 bits per heavy atom. The van der Waals surface area contributed by atoms with Gasteiger partial charge >= 0.3 is 0 Å². The van der Waals surface area contributed by atoms with Gasteiger partial charge in [0.05, 0.1) is 7.59 Å². The van der Waals surface area contributed by atoms with E-state index in [0.717, 1.165) is 28.9 Å². The molecule has 0 atom stereocenters. The summed E-state index contributed by atoms with van der Waals surface area (Å²) < 4.78 is 7.05. The molecule has 1 aliphatic heterocycles. The average Bonchev–Trinajstić information content (AvgIpc) is 2.50. The lowest BCUT2D eigenvalue weighted by molar-refractivity contribution is 0.0939. The first-order valence-electron chi connectivity index (χ1n) is 8.59. The van der Waals surface area contributed by atoms with Gasteiger partial charge in [-0.15, -0.1) is 0 Å². The fraction of sp³-hybridized carbons (Fsp3) is 0.368. The van der Waals surface area contributed by atoms with Crippen molar-refractivity contribution in [2.24, 2.45) is 0 Å². The second-order valence-electron chi connectivity index (χ2n) is 8.07. The Morgan fingerprint density at radius 3 is 1.79 bits per heavy atom. The number of anilines is 2. The minimum Gasteiger partial charge on any atom is -0.407 e. The molecular formula is C19H28N2OSi2. The van der Waals surface area contributed by atoms with E-state index in [-0.39, 0.29) is 0 Å². The van der Waals surface area contributed by atoms with Crippen LogP contribution in [0.1, 0.15) is 17.5 Å². The fourth-order valence-electron chi connectivity index (χ4n) is 3.57. The summed E-state index contributed by atoms with van der Waals surface area (Å²) in [7, 11) is -3.14. The van der Waals surface area contributed by atoms with Crippen molar-refractivity contribution in [3.8, 4) is 0 Å². The van der Waals surface area contributed by atoms with Crippen LogP contribution >= 0.6 is 0 Å². The van der Waals surface area contributed by atoms with E-state index in [1.54, 1.807) is 0 Å². The van der Waals surface area contributed by atoms with Gasteiger partial charge in [-0.2, -0.15) is 0 Å². The zero-order valence-electron chi connectivity index (χ0n) is 15.1. The Balaban J connectivity index is 2.20. The van der Waals surface area contributed by atoms with Gasteiger partial charge in [0.1, 0.15) is 5.60 Å². The average molecular weight is 357 g/mol. The standard InChI is InChI=1S/C19H28N2OSi2/c1-23(2)12-11-19(22-24(23,3)4,15-7-5-9-17(20)13-15)16-8-6-10-18(21)14-16/h5-10,13-14H,11-12,20-21H2,1-4H3. The van der Waals surface area contributed by atoms with Crippen LogP contribution in [0.5, 0.6) is 0 Å². The van der Waals surface area contributed by atoms with Gasteiger partial charge in [-0.1, -0.05) is 43.4 Å². The van der Waals surface area contributed by atoms with Crippen molar-refractivity contribution in [2.45, 2.75) is 44.3 Å². The second-order valence-corrected chi connectivity index (χ2v) is 23.2. The maximum absolute atomic E-state index is 7.05. The molecule has 3 nitrogen and oxygen atoms in total. The van der Waals surface area contributed by atoms with Crippen LogP contribution in [0.3, 0.4) is 0 Å². The van der Waals surface area contributed by atoms with Gasteiger partial charge in [-0.25, -0.2) is 0 Å². The first-order valence-corrected chi connectivity index (χ1v) is 15.7. The normalized spacial score (nSPS) is 21.3. The number of hydrogen-bond acceptors (Lipinski definition) is 3. The number of benzene rings is 2. The van der Waals surface area contributed by atoms with Crippen LogP contribution in [0.2, 0.25) is 32.2 Å². The monoisotopic (exact) mass is 356 g/mol. The van der Waals surface area contributed by atoms with E-state index in [1.807, 2.05) is 24.3 Å². The van der Waals surface area contributed by atoms with Crippen LogP contribution in [-0.2, 0) is 10.0 Å². The molecule has 4 N–H and O–H groups in total. The highest BCUT2D eigenvalue weighted by Gasteiger charge is 2.54. The topological polar surface area (TPSA) is 61.3 Å². The SMILES string of the molecule is C[Si]1(C)CCC(c2cccc(N)c2)(c2cccc(N)c2)O[Si]1(C)C. The molecule has 0 bridgehead atoms. The van der Waals surface area contributed by atoms with Crippen LogP contribution in [0, 0.1) is 0 Å². The molecule has 0 amide bonds. The van der Waals surface area contributed by atoms with Crippen molar-refractivity contribution in [1.29, 1.82) is 0 Å². The summed E-state index contributed by atoms with van der Waals surface area (Å²) in [5.41, 5.74) is 15.6. The van der Waals surface area contributed by atoms with E-state index in [9.17, 15) is 0 Å². The molecule has 2 aromatic rings. The fourth-order valence-corrected chi connectivity index (χ4v) is 10.2. The van der Waals surface area contributed by atoms with Crippen LogP contribution in [-0.4, -0.2) is 15.4 Å². The molecule has 5 heteroatoms. The van der Waals surface area contributed by atoms with Crippen LogP contribution in [0.4, 0.5) is 11.4 Å². The Labute approximate surface area is 147 Å². The summed E-state index contributed by atoms with van der Waals surface area (Å²) in [6.45, 7) is 9.71. The molecule has 128 valence electrons. The molecular weight excluding hydrogens is 328 g/mol. The third kappa shape index (κ3) is 2.81. The second kappa shape index (κ2) is 5.76. The predicted octanol–water partition coefficient (Wildman–Crippen LogP) is 4.51. The summed E-state index contributed by atoms with van der Waals surface area (Å²) in [5, 5.41) is 0. The molecule has 1 saturated heterocycles. The predicted molar refractivity (Wildman–Crippen MR) is 108 cm³/mol. The van der Waals surface area contributed by atoms with Crippen LogP contribution in [0.15, 0.2) is 48.5 Å². The molecule has 0 aromatic heterocycles. The van der Waals surface area contributed by atoms with Crippen molar-refractivity contribution in [2.75, 3.05) is 11.5 Å². The molecule has 2 aromatic carbocycles. The van der Waals surface area contributed by atoms with E-state index in [2.05, 4.69) is 50.5 Å². The smallest absolute Gasteiger partial charge is 0.175 e. The molecule has 1 heterocycles. The Bertz CT molecular complexity index is 713. The van der Waals surface area contributed by atoms with E-state index in [0.29, 0.717) is 0 Å². The maximum Gasteiger partial charge on any atom is 0.175 e. The molecule has 0 radical (unpaired) electrons. The quantitative estimate of drug-likeness (QED) is 0.615. The zero-order valence-corrected chi connectivity index (χ0v) is 17.1. The highest BCUT2D eigenvalue weighted by atomic mass is 29.3. The van der Waals surface area contributed by atoms with E-state index >= 15 is 0 Å². The van der Waals surface area contributed by atoms with Crippen molar-refractivity contribution in [3.05, 3.63) is 59.7 Å². The lowest BCUT2D eigenvalue weighted by Gasteiger charge is -2.52. The Morgan fingerprint density at radius 2 is 1.38 bits per heavy atom. The molecule has 1 aliphatic rings. The molecule has 0 saturated carbocycles. The summed E-state index contributed by atoms with van der Waals surface area (Å²) in [6.07, 6.45) is 0.996. The Hall–Kier alpha value is -1.57. The van der Waals surface area contributed by atoms with Crippen LogP contribution < -0.4 is 11.5 Å². The molecule has 3 rings (SSSR count). The number of hydrogen-bond donors (Lipinski definition) is 2. The number of nitrogens with two attached hydrogens (primary N) is 2. The van der Waals surface area contributed by atoms with E-state index in [4.69, 9.17) is 15.9 Å². The lowest BCUT2D eigenvalue weighted by Crippen LogP contribution is -2.64. The molecule has 0 unspecified atom stereocenters. The summed E-state index contributed by atoms with van der Waals surface area (Å²) in [5.74, 6) is 0. The first-order chi connectivity index (χ1) is 11.2. The van der Waals surface area contributed by atoms with Gasteiger partial charge in [0, 0.05) is 11.4 Å².